The van der Waals surface area contributed by atoms with Crippen LogP contribution in [0.15, 0.2) is 23.4 Å². The molecule has 2 heterocycles. The fourth-order valence-electron chi connectivity index (χ4n) is 4.59. The first-order valence-corrected chi connectivity index (χ1v) is 11.2. The van der Waals surface area contributed by atoms with E-state index in [2.05, 4.69) is 21.4 Å². The molecule has 0 spiro atoms. The maximum absolute atomic E-state index is 13.6. The van der Waals surface area contributed by atoms with E-state index in [1.54, 1.807) is 11.8 Å². The Morgan fingerprint density at radius 1 is 1.19 bits per heavy atom. The molecular weight excluding hydrogens is 361 g/mol. The zero-order chi connectivity index (χ0) is 18.8. The van der Waals surface area contributed by atoms with Gasteiger partial charge < -0.3 is 9.47 Å². The Hall–Kier alpha value is -1.56. The van der Waals surface area contributed by atoms with Gasteiger partial charge >= 0.3 is 0 Å². The number of hydrogen-bond donors (Lipinski definition) is 0. The molecular formula is C21H28FN3OS. The Morgan fingerprint density at radius 2 is 1.93 bits per heavy atom. The first kappa shape index (κ1) is 18.8. The largest absolute Gasteiger partial charge is 0.342 e. The molecule has 0 bridgehead atoms. The van der Waals surface area contributed by atoms with Crippen LogP contribution in [-0.2, 0) is 4.79 Å². The number of imidazole rings is 1. The molecule has 4 rings (SSSR count). The number of benzene rings is 1. The minimum atomic E-state index is -0.243. The van der Waals surface area contributed by atoms with Gasteiger partial charge in [0, 0.05) is 31.1 Å². The molecule has 27 heavy (non-hydrogen) atoms. The van der Waals surface area contributed by atoms with Crippen molar-refractivity contribution in [1.29, 1.82) is 0 Å². The van der Waals surface area contributed by atoms with E-state index in [0.29, 0.717) is 11.9 Å². The number of hydrogen-bond acceptors (Lipinski definition) is 3. The van der Waals surface area contributed by atoms with Crippen molar-refractivity contribution in [3.05, 3.63) is 24.0 Å². The number of rotatable bonds is 4. The SMILES string of the molecule is CCSc1nc2cc(F)ccc2n1C1CCN(C(=O)C2CCCCC2)CC1. The lowest BCUT2D eigenvalue weighted by atomic mass is 9.87. The third kappa shape index (κ3) is 3.86. The van der Waals surface area contributed by atoms with Gasteiger partial charge in [-0.25, -0.2) is 9.37 Å². The summed E-state index contributed by atoms with van der Waals surface area (Å²) in [7, 11) is 0. The number of fused-ring (bicyclic) bond motifs is 1. The molecule has 2 aliphatic rings. The fraction of sp³-hybridized carbons (Fsp3) is 0.619. The van der Waals surface area contributed by atoms with Gasteiger partial charge in [-0.15, -0.1) is 0 Å². The van der Waals surface area contributed by atoms with Crippen LogP contribution in [0.2, 0.25) is 0 Å². The molecule has 1 aliphatic heterocycles. The van der Waals surface area contributed by atoms with Gasteiger partial charge in [0.2, 0.25) is 5.91 Å². The predicted molar refractivity (Wildman–Crippen MR) is 108 cm³/mol. The number of carbonyl (C=O) groups is 1. The Balaban J connectivity index is 1.50. The first-order chi connectivity index (χ1) is 13.2. The number of carbonyl (C=O) groups excluding carboxylic acids is 1. The monoisotopic (exact) mass is 389 g/mol. The Labute approximate surface area is 164 Å². The van der Waals surface area contributed by atoms with Crippen LogP contribution in [0.5, 0.6) is 0 Å². The fourth-order valence-corrected chi connectivity index (χ4v) is 5.39. The minimum absolute atomic E-state index is 0.243. The number of thioether (sulfide) groups is 1. The highest BCUT2D eigenvalue weighted by Crippen LogP contribution is 2.34. The highest BCUT2D eigenvalue weighted by molar-refractivity contribution is 7.99. The van der Waals surface area contributed by atoms with Gasteiger partial charge in [0.05, 0.1) is 11.0 Å². The number of nitrogens with zero attached hydrogens (tertiary/aromatic N) is 3. The topological polar surface area (TPSA) is 38.1 Å². The van der Waals surface area contributed by atoms with Crippen LogP contribution in [0.25, 0.3) is 11.0 Å². The van der Waals surface area contributed by atoms with E-state index in [0.717, 1.165) is 60.7 Å². The number of halogens is 1. The molecule has 146 valence electrons. The molecule has 0 atom stereocenters. The molecule has 1 aromatic carbocycles. The summed E-state index contributed by atoms with van der Waals surface area (Å²) in [6.07, 6.45) is 7.68. The number of aromatic nitrogens is 2. The summed E-state index contributed by atoms with van der Waals surface area (Å²) in [5.74, 6) is 1.31. The predicted octanol–water partition coefficient (Wildman–Crippen LogP) is 5.03. The number of likely N-dealkylation sites (tertiary alicyclic amines) is 1. The van der Waals surface area contributed by atoms with Gasteiger partial charge in [0.25, 0.3) is 0 Å². The van der Waals surface area contributed by atoms with Crippen molar-refractivity contribution >= 4 is 28.7 Å². The second-order valence-corrected chi connectivity index (χ2v) is 8.95. The van der Waals surface area contributed by atoms with Gasteiger partial charge in [-0.05, 0) is 43.6 Å². The van der Waals surface area contributed by atoms with Crippen molar-refractivity contribution in [2.24, 2.45) is 5.92 Å². The molecule has 2 fully saturated rings. The Bertz CT molecular complexity index is 807. The van der Waals surface area contributed by atoms with Crippen molar-refractivity contribution < 1.29 is 9.18 Å². The summed E-state index contributed by atoms with van der Waals surface area (Å²) in [6, 6.07) is 5.21. The lowest BCUT2D eigenvalue weighted by molar-refractivity contribution is -0.137. The summed E-state index contributed by atoms with van der Waals surface area (Å²) >= 11 is 1.71. The van der Waals surface area contributed by atoms with Gasteiger partial charge in [0.15, 0.2) is 5.16 Å². The van der Waals surface area contributed by atoms with Gasteiger partial charge in [-0.2, -0.15) is 0 Å². The molecule has 4 nitrogen and oxygen atoms in total. The normalized spacial score (nSPS) is 19.7. The number of piperidine rings is 1. The molecule has 1 aliphatic carbocycles. The highest BCUT2D eigenvalue weighted by atomic mass is 32.2. The van der Waals surface area contributed by atoms with Crippen LogP contribution >= 0.6 is 11.8 Å². The molecule has 0 unspecified atom stereocenters. The second-order valence-electron chi connectivity index (χ2n) is 7.72. The molecule has 1 saturated heterocycles. The zero-order valence-corrected chi connectivity index (χ0v) is 16.8. The summed E-state index contributed by atoms with van der Waals surface area (Å²) in [5, 5.41) is 0.968. The van der Waals surface area contributed by atoms with Crippen molar-refractivity contribution in [2.75, 3.05) is 18.8 Å². The third-order valence-corrected chi connectivity index (χ3v) is 6.82. The summed E-state index contributed by atoms with van der Waals surface area (Å²) in [4.78, 5) is 19.6. The van der Waals surface area contributed by atoms with E-state index >= 15 is 0 Å². The van der Waals surface area contributed by atoms with Gasteiger partial charge in [0.1, 0.15) is 5.82 Å². The zero-order valence-electron chi connectivity index (χ0n) is 16.0. The van der Waals surface area contributed by atoms with Crippen molar-refractivity contribution in [2.45, 2.75) is 63.1 Å². The maximum Gasteiger partial charge on any atom is 0.225 e. The van der Waals surface area contributed by atoms with Crippen LogP contribution in [0.4, 0.5) is 4.39 Å². The van der Waals surface area contributed by atoms with E-state index in [-0.39, 0.29) is 11.7 Å². The van der Waals surface area contributed by atoms with Crippen LogP contribution in [0.3, 0.4) is 0 Å². The third-order valence-electron chi connectivity index (χ3n) is 5.99. The summed E-state index contributed by atoms with van der Waals surface area (Å²) in [5.41, 5.74) is 1.73. The van der Waals surface area contributed by atoms with Crippen molar-refractivity contribution in [3.8, 4) is 0 Å². The average Bonchev–Trinajstić information content (AvgIpc) is 3.05. The van der Waals surface area contributed by atoms with E-state index in [1.807, 2.05) is 6.07 Å². The summed E-state index contributed by atoms with van der Waals surface area (Å²) < 4.78 is 15.9. The lowest BCUT2D eigenvalue weighted by Crippen LogP contribution is -2.42. The van der Waals surface area contributed by atoms with Crippen molar-refractivity contribution in [3.63, 3.8) is 0 Å². The molecule has 1 aromatic heterocycles. The quantitative estimate of drug-likeness (QED) is 0.688. The van der Waals surface area contributed by atoms with Gasteiger partial charge in [-0.3, -0.25) is 4.79 Å². The van der Waals surface area contributed by atoms with Crippen LogP contribution in [0, 0.1) is 11.7 Å². The van der Waals surface area contributed by atoms with E-state index in [9.17, 15) is 9.18 Å². The standard InChI is InChI=1S/C21H28FN3OS/c1-2-27-21-23-18-14-16(22)8-9-19(18)25(21)17-10-12-24(13-11-17)20(26)15-6-4-3-5-7-15/h8-9,14-15,17H,2-7,10-13H2,1H3. The van der Waals surface area contributed by atoms with E-state index < -0.39 is 0 Å². The second kappa shape index (κ2) is 8.21. The molecule has 0 N–H and O–H groups in total. The van der Waals surface area contributed by atoms with Crippen LogP contribution in [-0.4, -0.2) is 39.2 Å². The molecule has 6 heteroatoms. The minimum Gasteiger partial charge on any atom is -0.342 e. The van der Waals surface area contributed by atoms with Gasteiger partial charge in [-0.1, -0.05) is 37.9 Å². The molecule has 0 radical (unpaired) electrons. The Morgan fingerprint density at radius 3 is 2.63 bits per heavy atom. The Kier molecular flexibility index (Phi) is 5.71. The lowest BCUT2D eigenvalue weighted by Gasteiger charge is -2.36. The number of amides is 1. The van der Waals surface area contributed by atoms with E-state index in [4.69, 9.17) is 0 Å². The molecule has 1 saturated carbocycles. The van der Waals surface area contributed by atoms with Crippen molar-refractivity contribution in [1.82, 2.24) is 14.5 Å². The maximum atomic E-state index is 13.6. The van der Waals surface area contributed by atoms with E-state index in [1.165, 1.54) is 31.4 Å². The van der Waals surface area contributed by atoms with Crippen LogP contribution in [0.1, 0.15) is 57.9 Å². The highest BCUT2D eigenvalue weighted by Gasteiger charge is 2.30. The smallest absolute Gasteiger partial charge is 0.225 e. The summed E-state index contributed by atoms with van der Waals surface area (Å²) in [6.45, 7) is 3.74. The average molecular weight is 390 g/mol. The molecule has 2 aromatic rings. The molecule has 1 amide bonds. The first-order valence-electron chi connectivity index (χ1n) is 10.3. The van der Waals surface area contributed by atoms with Crippen LogP contribution < -0.4 is 0 Å².